The summed E-state index contributed by atoms with van der Waals surface area (Å²) in [7, 11) is 0. The summed E-state index contributed by atoms with van der Waals surface area (Å²) < 4.78 is 6.14. The Labute approximate surface area is 164 Å². The molecule has 0 saturated carbocycles. The third-order valence-electron chi connectivity index (χ3n) is 3.79. The lowest BCUT2D eigenvalue weighted by Gasteiger charge is -2.10. The molecule has 5 nitrogen and oxygen atoms in total. The van der Waals surface area contributed by atoms with Gasteiger partial charge in [0.05, 0.1) is 16.8 Å². The van der Waals surface area contributed by atoms with E-state index in [1.807, 2.05) is 50.2 Å². The first-order valence-corrected chi connectivity index (χ1v) is 9.11. The molecule has 132 valence electrons. The molecule has 3 rings (SSSR count). The van der Waals surface area contributed by atoms with Crippen LogP contribution in [0.15, 0.2) is 48.5 Å². The summed E-state index contributed by atoms with van der Waals surface area (Å²) in [6, 6.07) is 14.8. The average Bonchev–Trinajstić information content (AvgIpc) is 2.61. The van der Waals surface area contributed by atoms with Gasteiger partial charge in [0.25, 0.3) is 5.91 Å². The van der Waals surface area contributed by atoms with Crippen molar-refractivity contribution in [2.75, 3.05) is 11.9 Å². The van der Waals surface area contributed by atoms with Gasteiger partial charge in [-0.05, 0) is 66.8 Å². The minimum Gasteiger partial charge on any atom is -0.452 e. The summed E-state index contributed by atoms with van der Waals surface area (Å²) >= 11 is 2.13. The van der Waals surface area contributed by atoms with Crippen LogP contribution in [0, 0.1) is 17.4 Å². The molecule has 2 aromatic carbocycles. The zero-order valence-electron chi connectivity index (χ0n) is 14.4. The van der Waals surface area contributed by atoms with Gasteiger partial charge in [0.15, 0.2) is 6.61 Å². The van der Waals surface area contributed by atoms with Crippen LogP contribution in [0.5, 0.6) is 0 Å². The van der Waals surface area contributed by atoms with Crippen LogP contribution in [-0.4, -0.2) is 23.5 Å². The number of aromatic nitrogens is 1. The third kappa shape index (κ3) is 4.19. The maximum Gasteiger partial charge on any atom is 0.339 e. The van der Waals surface area contributed by atoms with Gasteiger partial charge in [0.2, 0.25) is 0 Å². The van der Waals surface area contributed by atoms with Crippen LogP contribution in [0.3, 0.4) is 0 Å². The molecule has 0 unspecified atom stereocenters. The zero-order chi connectivity index (χ0) is 18.7. The molecule has 1 N–H and O–H groups in total. The zero-order valence-corrected chi connectivity index (χ0v) is 16.5. The van der Waals surface area contributed by atoms with E-state index in [9.17, 15) is 9.59 Å². The summed E-state index contributed by atoms with van der Waals surface area (Å²) in [6.45, 7) is 3.42. The van der Waals surface area contributed by atoms with Gasteiger partial charge in [-0.2, -0.15) is 0 Å². The number of hydrogen-bond donors (Lipinski definition) is 1. The maximum atomic E-state index is 12.5. The number of hydrogen-bond acceptors (Lipinski definition) is 4. The molecule has 1 amide bonds. The first kappa shape index (κ1) is 18.3. The molecule has 0 spiro atoms. The van der Waals surface area contributed by atoms with Crippen LogP contribution < -0.4 is 5.32 Å². The number of carbonyl (C=O) groups is 2. The van der Waals surface area contributed by atoms with Crippen molar-refractivity contribution in [3.8, 4) is 0 Å². The second kappa shape index (κ2) is 7.82. The van der Waals surface area contributed by atoms with Crippen LogP contribution in [0.25, 0.3) is 10.9 Å². The van der Waals surface area contributed by atoms with E-state index < -0.39 is 5.97 Å². The van der Waals surface area contributed by atoms with Crippen LogP contribution in [-0.2, 0) is 9.53 Å². The molecule has 0 aliphatic rings. The number of para-hydroxylation sites is 1. The normalized spacial score (nSPS) is 10.6. The summed E-state index contributed by atoms with van der Waals surface area (Å²) in [5, 5.41) is 3.46. The molecule has 0 fully saturated rings. The quantitative estimate of drug-likeness (QED) is 0.467. The monoisotopic (exact) mass is 460 g/mol. The predicted octanol–water partition coefficient (Wildman–Crippen LogP) is 4.25. The number of nitrogens with one attached hydrogen (secondary N) is 1. The molecular weight excluding hydrogens is 443 g/mol. The van der Waals surface area contributed by atoms with E-state index >= 15 is 0 Å². The molecule has 3 aromatic rings. The average molecular weight is 460 g/mol. The van der Waals surface area contributed by atoms with Crippen molar-refractivity contribution in [2.45, 2.75) is 13.8 Å². The Morgan fingerprint density at radius 2 is 1.88 bits per heavy atom. The number of esters is 1. The number of nitrogens with zero attached hydrogens (tertiary/aromatic N) is 1. The molecule has 1 heterocycles. The third-order valence-corrected chi connectivity index (χ3v) is 4.74. The van der Waals surface area contributed by atoms with E-state index in [2.05, 4.69) is 32.9 Å². The fourth-order valence-corrected chi connectivity index (χ4v) is 3.12. The predicted molar refractivity (Wildman–Crippen MR) is 109 cm³/mol. The van der Waals surface area contributed by atoms with Crippen molar-refractivity contribution in [1.29, 1.82) is 0 Å². The Morgan fingerprint density at radius 1 is 1.12 bits per heavy atom. The number of carbonyl (C=O) groups excluding carboxylic acids is 2. The molecule has 0 radical (unpaired) electrons. The highest BCUT2D eigenvalue weighted by Gasteiger charge is 2.15. The number of aryl methyl sites for hydroxylation is 2. The van der Waals surface area contributed by atoms with Gasteiger partial charge in [-0.3, -0.25) is 9.78 Å². The Hall–Kier alpha value is -2.48. The van der Waals surface area contributed by atoms with Crippen LogP contribution in [0.2, 0.25) is 0 Å². The Balaban J connectivity index is 1.74. The number of fused-ring (bicyclic) bond motifs is 1. The van der Waals surface area contributed by atoms with Gasteiger partial charge in [0.1, 0.15) is 0 Å². The highest BCUT2D eigenvalue weighted by Crippen LogP contribution is 2.21. The number of rotatable bonds is 4. The molecule has 1 aromatic heterocycles. The van der Waals surface area contributed by atoms with Gasteiger partial charge in [-0.15, -0.1) is 0 Å². The van der Waals surface area contributed by atoms with Gasteiger partial charge >= 0.3 is 5.97 Å². The van der Waals surface area contributed by atoms with E-state index in [1.165, 1.54) is 0 Å². The van der Waals surface area contributed by atoms with E-state index in [1.54, 1.807) is 12.1 Å². The lowest BCUT2D eigenvalue weighted by molar-refractivity contribution is -0.119. The van der Waals surface area contributed by atoms with Crippen molar-refractivity contribution in [2.24, 2.45) is 0 Å². The summed E-state index contributed by atoms with van der Waals surface area (Å²) in [6.07, 6.45) is 0. The summed E-state index contributed by atoms with van der Waals surface area (Å²) in [4.78, 5) is 29.0. The number of pyridine rings is 1. The van der Waals surface area contributed by atoms with Crippen LogP contribution in [0.4, 0.5) is 5.69 Å². The van der Waals surface area contributed by atoms with Crippen molar-refractivity contribution in [1.82, 2.24) is 4.98 Å². The van der Waals surface area contributed by atoms with Crippen molar-refractivity contribution < 1.29 is 14.3 Å². The Kier molecular flexibility index (Phi) is 5.51. The smallest absolute Gasteiger partial charge is 0.339 e. The van der Waals surface area contributed by atoms with Crippen LogP contribution >= 0.6 is 22.6 Å². The highest BCUT2D eigenvalue weighted by molar-refractivity contribution is 14.1. The Morgan fingerprint density at radius 3 is 2.65 bits per heavy atom. The molecule has 0 aliphatic carbocycles. The fourth-order valence-electron chi connectivity index (χ4n) is 2.60. The highest BCUT2D eigenvalue weighted by atomic mass is 127. The first-order valence-electron chi connectivity index (χ1n) is 8.03. The van der Waals surface area contributed by atoms with E-state index in [0.29, 0.717) is 11.3 Å². The Bertz CT molecular complexity index is 1000. The van der Waals surface area contributed by atoms with Crippen molar-refractivity contribution >= 4 is 51.1 Å². The number of ether oxygens (including phenoxy) is 1. The fraction of sp³-hybridized carbons (Fsp3) is 0.150. The molecule has 6 heteroatoms. The maximum absolute atomic E-state index is 12.5. The standard InChI is InChI=1S/C20H17IN2O3/c1-12-7-8-17-14(9-12)15(10-13(2)22-17)20(25)26-11-19(24)23-18-6-4-3-5-16(18)21/h3-10H,11H2,1-2H3,(H,23,24). The second-order valence-corrected chi connectivity index (χ2v) is 7.10. The number of anilines is 1. The molecular formula is C20H17IN2O3. The van der Waals surface area contributed by atoms with Gasteiger partial charge in [0, 0.05) is 14.7 Å². The molecule has 0 aliphatic heterocycles. The first-order chi connectivity index (χ1) is 12.4. The van der Waals surface area contributed by atoms with Crippen molar-refractivity contribution in [3.05, 3.63) is 68.9 Å². The molecule has 26 heavy (non-hydrogen) atoms. The topological polar surface area (TPSA) is 68.3 Å². The molecule has 0 saturated heterocycles. The number of benzene rings is 2. The molecule has 0 atom stereocenters. The summed E-state index contributed by atoms with van der Waals surface area (Å²) in [5.74, 6) is -0.919. The van der Waals surface area contributed by atoms with Gasteiger partial charge in [-0.1, -0.05) is 23.8 Å². The number of amides is 1. The van der Waals surface area contributed by atoms with Crippen LogP contribution in [0.1, 0.15) is 21.6 Å². The van der Waals surface area contributed by atoms with E-state index in [0.717, 1.165) is 25.7 Å². The second-order valence-electron chi connectivity index (χ2n) is 5.94. The lowest BCUT2D eigenvalue weighted by Crippen LogP contribution is -2.21. The van der Waals surface area contributed by atoms with Gasteiger partial charge in [-0.25, -0.2) is 4.79 Å². The largest absolute Gasteiger partial charge is 0.452 e. The SMILES string of the molecule is Cc1ccc2nc(C)cc(C(=O)OCC(=O)Nc3ccccc3I)c2c1. The van der Waals surface area contributed by atoms with E-state index in [-0.39, 0.29) is 12.5 Å². The van der Waals surface area contributed by atoms with Crippen molar-refractivity contribution in [3.63, 3.8) is 0 Å². The van der Waals surface area contributed by atoms with E-state index in [4.69, 9.17) is 4.74 Å². The minimum atomic E-state index is -0.538. The lowest BCUT2D eigenvalue weighted by atomic mass is 10.1. The van der Waals surface area contributed by atoms with Gasteiger partial charge < -0.3 is 10.1 Å². The molecule has 0 bridgehead atoms. The minimum absolute atomic E-state index is 0.349. The summed E-state index contributed by atoms with van der Waals surface area (Å²) in [5.41, 5.74) is 3.57. The number of halogens is 1.